The predicted octanol–water partition coefficient (Wildman–Crippen LogP) is 5.97. The van der Waals surface area contributed by atoms with Gasteiger partial charge in [-0.3, -0.25) is 9.36 Å². The summed E-state index contributed by atoms with van der Waals surface area (Å²) in [6.45, 7) is 6.10. The molecule has 1 aliphatic rings. The first kappa shape index (κ1) is 25.6. The number of rotatable bonds is 7. The highest BCUT2D eigenvalue weighted by atomic mass is 79.9. The minimum atomic E-state index is -0.574. The minimum Gasteiger partial charge on any atom is -0.463 e. The van der Waals surface area contributed by atoms with Gasteiger partial charge in [0.05, 0.1) is 22.4 Å². The van der Waals surface area contributed by atoms with Crippen molar-refractivity contribution in [1.29, 1.82) is 0 Å². The van der Waals surface area contributed by atoms with E-state index in [1.54, 1.807) is 17.6 Å². The summed E-state index contributed by atoms with van der Waals surface area (Å²) in [7, 11) is 0. The van der Waals surface area contributed by atoms with Crippen LogP contribution in [0.5, 0.6) is 0 Å². The summed E-state index contributed by atoms with van der Waals surface area (Å²) in [6.07, 6.45) is 3.18. The SMILES string of the molecule is CCCC1=C(C(=O)OCC)C(c2cccs2)n2c(s/c(=C\c3ccc(-c4ccc(C)cc4Br)o3)c2=O)=N1. The van der Waals surface area contributed by atoms with Crippen molar-refractivity contribution in [2.24, 2.45) is 4.99 Å². The van der Waals surface area contributed by atoms with Crippen LogP contribution in [-0.2, 0) is 9.53 Å². The summed E-state index contributed by atoms with van der Waals surface area (Å²) < 4.78 is 14.6. The van der Waals surface area contributed by atoms with E-state index in [9.17, 15) is 9.59 Å². The fourth-order valence-corrected chi connectivity index (χ4v) is 6.87. The molecule has 0 aliphatic carbocycles. The van der Waals surface area contributed by atoms with Gasteiger partial charge in [-0.15, -0.1) is 11.3 Å². The Hall–Kier alpha value is -3.01. The van der Waals surface area contributed by atoms with Gasteiger partial charge >= 0.3 is 5.97 Å². The van der Waals surface area contributed by atoms with Gasteiger partial charge in [-0.2, -0.15) is 0 Å². The molecular formula is C28H25BrN2O4S2. The van der Waals surface area contributed by atoms with Crippen LogP contribution in [-0.4, -0.2) is 17.1 Å². The third kappa shape index (κ3) is 4.95. The highest BCUT2D eigenvalue weighted by molar-refractivity contribution is 9.10. The van der Waals surface area contributed by atoms with Gasteiger partial charge in [0.15, 0.2) is 4.80 Å². The van der Waals surface area contributed by atoms with Crippen molar-refractivity contribution in [2.75, 3.05) is 6.61 Å². The van der Waals surface area contributed by atoms with Gasteiger partial charge in [-0.05, 0) is 61.5 Å². The fraction of sp³-hybridized carbons (Fsp3) is 0.250. The van der Waals surface area contributed by atoms with E-state index in [1.807, 2.05) is 61.7 Å². The Morgan fingerprint density at radius 1 is 1.24 bits per heavy atom. The summed E-state index contributed by atoms with van der Waals surface area (Å²) in [5, 5.41) is 1.95. The van der Waals surface area contributed by atoms with E-state index in [4.69, 9.17) is 14.1 Å². The van der Waals surface area contributed by atoms with E-state index in [1.165, 1.54) is 22.7 Å². The van der Waals surface area contributed by atoms with E-state index in [0.717, 1.165) is 26.9 Å². The van der Waals surface area contributed by atoms with Crippen molar-refractivity contribution in [2.45, 2.75) is 39.7 Å². The van der Waals surface area contributed by atoms with E-state index >= 15 is 0 Å². The summed E-state index contributed by atoms with van der Waals surface area (Å²) in [6, 6.07) is 13.1. The molecule has 3 aromatic heterocycles. The average Bonchev–Trinajstić information content (AvgIpc) is 3.61. The lowest BCUT2D eigenvalue weighted by atomic mass is 9.99. The molecule has 4 aromatic rings. The summed E-state index contributed by atoms with van der Waals surface area (Å²) in [4.78, 5) is 33.1. The highest BCUT2D eigenvalue weighted by Crippen LogP contribution is 2.35. The Morgan fingerprint density at radius 3 is 2.78 bits per heavy atom. The number of carbonyl (C=O) groups excluding carboxylic acids is 1. The number of carbonyl (C=O) groups is 1. The lowest BCUT2D eigenvalue weighted by Gasteiger charge is -2.24. The number of esters is 1. The molecular weight excluding hydrogens is 572 g/mol. The standard InChI is InChI=1S/C28H25BrN2O4S2/c1-4-7-20-24(27(33)34-5-2)25(22-8-6-13-36-22)31-26(32)23(37-28(31)30-20)15-17-10-12-21(35-17)18-11-9-16(3)14-19(18)29/h6,8-15,25H,4-5,7H2,1-3H3/b23-15-. The zero-order valence-electron chi connectivity index (χ0n) is 20.6. The largest absolute Gasteiger partial charge is 0.463 e. The molecule has 0 amide bonds. The molecule has 6 nitrogen and oxygen atoms in total. The van der Waals surface area contributed by atoms with Gasteiger partial charge < -0.3 is 9.15 Å². The number of benzene rings is 1. The van der Waals surface area contributed by atoms with Crippen molar-refractivity contribution < 1.29 is 13.9 Å². The van der Waals surface area contributed by atoms with Crippen LogP contribution in [0.1, 0.15) is 48.9 Å². The van der Waals surface area contributed by atoms with Crippen LogP contribution in [0.15, 0.2) is 77.8 Å². The maximum Gasteiger partial charge on any atom is 0.338 e. The molecule has 37 heavy (non-hydrogen) atoms. The van der Waals surface area contributed by atoms with Crippen LogP contribution in [0.2, 0.25) is 0 Å². The number of hydrogen-bond acceptors (Lipinski definition) is 7. The zero-order valence-corrected chi connectivity index (χ0v) is 23.8. The first-order valence-electron chi connectivity index (χ1n) is 12.0. The molecule has 0 N–H and O–H groups in total. The third-order valence-corrected chi connectivity index (χ3v) is 8.56. The van der Waals surface area contributed by atoms with Gasteiger partial charge in [0, 0.05) is 21.0 Å². The molecule has 1 unspecified atom stereocenters. The Kier molecular flexibility index (Phi) is 7.46. The zero-order chi connectivity index (χ0) is 26.1. The van der Waals surface area contributed by atoms with Crippen LogP contribution in [0.25, 0.3) is 17.4 Å². The second-order valence-corrected chi connectivity index (χ2v) is 11.5. The van der Waals surface area contributed by atoms with Crippen molar-refractivity contribution in [3.63, 3.8) is 0 Å². The summed E-state index contributed by atoms with van der Waals surface area (Å²) in [5.74, 6) is 0.845. The molecule has 0 spiro atoms. The van der Waals surface area contributed by atoms with Gasteiger partial charge in [0.25, 0.3) is 5.56 Å². The van der Waals surface area contributed by atoms with Gasteiger partial charge in [0.1, 0.15) is 17.6 Å². The number of furan rings is 1. The molecule has 9 heteroatoms. The topological polar surface area (TPSA) is 73.8 Å². The minimum absolute atomic E-state index is 0.214. The van der Waals surface area contributed by atoms with Crippen LogP contribution >= 0.6 is 38.6 Å². The predicted molar refractivity (Wildman–Crippen MR) is 151 cm³/mol. The first-order valence-corrected chi connectivity index (χ1v) is 14.5. The van der Waals surface area contributed by atoms with Crippen LogP contribution in [0, 0.1) is 6.92 Å². The number of nitrogens with zero attached hydrogens (tertiary/aromatic N) is 2. The fourth-order valence-electron chi connectivity index (χ4n) is 4.36. The number of halogens is 1. The maximum atomic E-state index is 13.7. The number of allylic oxidation sites excluding steroid dienone is 1. The smallest absolute Gasteiger partial charge is 0.338 e. The number of aromatic nitrogens is 1. The van der Waals surface area contributed by atoms with Crippen molar-refractivity contribution in [3.05, 3.63) is 99.5 Å². The number of aryl methyl sites for hydroxylation is 1. The molecule has 4 heterocycles. The Labute approximate surface area is 230 Å². The molecule has 0 bridgehead atoms. The molecule has 190 valence electrons. The highest BCUT2D eigenvalue weighted by Gasteiger charge is 2.34. The molecule has 1 aromatic carbocycles. The second-order valence-electron chi connectivity index (χ2n) is 8.61. The molecule has 0 saturated carbocycles. The third-order valence-electron chi connectivity index (χ3n) is 6.00. The van der Waals surface area contributed by atoms with Crippen LogP contribution in [0.4, 0.5) is 0 Å². The average molecular weight is 598 g/mol. The monoisotopic (exact) mass is 596 g/mol. The first-order chi connectivity index (χ1) is 17.9. The summed E-state index contributed by atoms with van der Waals surface area (Å²) >= 11 is 6.41. The lowest BCUT2D eigenvalue weighted by molar-refractivity contribution is -0.139. The van der Waals surface area contributed by atoms with Crippen molar-refractivity contribution in [1.82, 2.24) is 4.57 Å². The number of fused-ring (bicyclic) bond motifs is 1. The maximum absolute atomic E-state index is 13.7. The molecule has 1 aliphatic heterocycles. The number of thiazole rings is 1. The molecule has 5 rings (SSSR count). The normalized spacial score (nSPS) is 15.6. The van der Waals surface area contributed by atoms with E-state index < -0.39 is 12.0 Å². The van der Waals surface area contributed by atoms with Crippen molar-refractivity contribution >= 4 is 50.6 Å². The Bertz CT molecular complexity index is 1680. The number of thiophene rings is 1. The molecule has 0 radical (unpaired) electrons. The quantitative estimate of drug-likeness (QED) is 0.246. The molecule has 0 saturated heterocycles. The second kappa shape index (κ2) is 10.8. The van der Waals surface area contributed by atoms with Gasteiger partial charge in [-0.1, -0.05) is 52.7 Å². The van der Waals surface area contributed by atoms with E-state index in [-0.39, 0.29) is 12.2 Å². The van der Waals surface area contributed by atoms with Gasteiger partial charge in [-0.25, -0.2) is 9.79 Å². The van der Waals surface area contributed by atoms with Crippen LogP contribution < -0.4 is 14.9 Å². The Balaban J connectivity index is 1.64. The summed E-state index contributed by atoms with van der Waals surface area (Å²) in [5.41, 5.74) is 2.99. The van der Waals surface area contributed by atoms with E-state index in [2.05, 4.69) is 15.9 Å². The van der Waals surface area contributed by atoms with E-state index in [0.29, 0.717) is 38.5 Å². The molecule has 1 atom stereocenters. The van der Waals surface area contributed by atoms with Gasteiger partial charge in [0.2, 0.25) is 0 Å². The number of ether oxygens (including phenoxy) is 1. The van der Waals surface area contributed by atoms with Crippen LogP contribution in [0.3, 0.4) is 0 Å². The Morgan fingerprint density at radius 2 is 2.08 bits per heavy atom. The van der Waals surface area contributed by atoms with Crippen molar-refractivity contribution in [3.8, 4) is 11.3 Å². The molecule has 0 fully saturated rings. The number of hydrogen-bond donors (Lipinski definition) is 0. The lowest BCUT2D eigenvalue weighted by Crippen LogP contribution is -2.39.